The number of aromatic nitrogens is 2. The largest absolute Gasteiger partial charge is 0.374 e. The molecule has 1 N–H and O–H groups in total. The minimum atomic E-state index is -0.332. The molecule has 4 nitrogen and oxygen atoms in total. The third-order valence-electron chi connectivity index (χ3n) is 4.01. The van der Waals surface area contributed by atoms with E-state index >= 15 is 0 Å². The summed E-state index contributed by atoms with van der Waals surface area (Å²) in [4.78, 5) is 8.73. The molecule has 3 heterocycles. The average Bonchev–Trinajstić information content (AvgIpc) is 3.02. The lowest BCUT2D eigenvalue weighted by atomic mass is 9.88. The molecule has 0 spiro atoms. The molecule has 1 aromatic rings. The number of anilines is 1. The highest BCUT2D eigenvalue weighted by Crippen LogP contribution is 2.43. The maximum Gasteiger partial charge on any atom is 0.186 e. The van der Waals surface area contributed by atoms with Crippen molar-refractivity contribution in [2.45, 2.75) is 57.7 Å². The molecule has 5 heteroatoms. The molecule has 0 saturated carbocycles. The maximum absolute atomic E-state index is 14.0. The van der Waals surface area contributed by atoms with Crippen LogP contribution in [0.15, 0.2) is 0 Å². The topological polar surface area (TPSA) is 47.0 Å². The van der Waals surface area contributed by atoms with Crippen molar-refractivity contribution < 1.29 is 9.13 Å². The van der Waals surface area contributed by atoms with Crippen molar-refractivity contribution in [2.75, 3.05) is 11.9 Å². The molecule has 2 saturated heterocycles. The van der Waals surface area contributed by atoms with Gasteiger partial charge in [0.15, 0.2) is 11.6 Å². The lowest BCUT2D eigenvalue weighted by Gasteiger charge is -2.18. The van der Waals surface area contributed by atoms with Crippen LogP contribution in [0.25, 0.3) is 0 Å². The number of hydrogen-bond donors (Lipinski definition) is 1. The lowest BCUT2D eigenvalue weighted by molar-refractivity contribution is 0.0998. The van der Waals surface area contributed by atoms with Gasteiger partial charge in [-0.25, -0.2) is 14.4 Å². The number of rotatable bonds is 4. The fourth-order valence-corrected chi connectivity index (χ4v) is 3.02. The summed E-state index contributed by atoms with van der Waals surface area (Å²) in [6, 6.07) is 0. The van der Waals surface area contributed by atoms with Gasteiger partial charge in [0.1, 0.15) is 5.82 Å². The monoisotopic (exact) mass is 265 g/mol. The fourth-order valence-electron chi connectivity index (χ4n) is 3.02. The molecule has 3 unspecified atom stereocenters. The van der Waals surface area contributed by atoms with Crippen molar-refractivity contribution in [1.29, 1.82) is 0 Å². The summed E-state index contributed by atoms with van der Waals surface area (Å²) in [5.41, 5.74) is 0.423. The Bertz CT molecular complexity index is 480. The first-order chi connectivity index (χ1) is 9.19. The maximum atomic E-state index is 14.0. The van der Waals surface area contributed by atoms with E-state index < -0.39 is 0 Å². The van der Waals surface area contributed by atoms with Crippen LogP contribution in [0.5, 0.6) is 0 Å². The minimum Gasteiger partial charge on any atom is -0.374 e. The van der Waals surface area contributed by atoms with Gasteiger partial charge in [0.25, 0.3) is 0 Å². The molecular weight excluding hydrogens is 245 g/mol. The van der Waals surface area contributed by atoms with Crippen molar-refractivity contribution in [3.05, 3.63) is 17.3 Å². The van der Waals surface area contributed by atoms with E-state index in [0.717, 1.165) is 38.1 Å². The van der Waals surface area contributed by atoms with Crippen LogP contribution in [0.3, 0.4) is 0 Å². The number of nitrogens with one attached hydrogen (secondary N) is 1. The highest BCUT2D eigenvalue weighted by Gasteiger charge is 2.43. The first-order valence-corrected chi connectivity index (χ1v) is 7.12. The Morgan fingerprint density at radius 2 is 2.21 bits per heavy atom. The molecular formula is C14H20FN3O. The number of fused-ring (bicyclic) bond motifs is 2. The van der Waals surface area contributed by atoms with E-state index in [1.807, 2.05) is 6.92 Å². The molecule has 0 amide bonds. The first-order valence-electron chi connectivity index (χ1n) is 7.12. The van der Waals surface area contributed by atoms with Crippen molar-refractivity contribution in [3.63, 3.8) is 0 Å². The molecule has 19 heavy (non-hydrogen) atoms. The lowest BCUT2D eigenvalue weighted by Crippen LogP contribution is -2.19. The second kappa shape index (κ2) is 5.04. The Hall–Kier alpha value is -1.23. The van der Waals surface area contributed by atoms with Gasteiger partial charge >= 0.3 is 0 Å². The SMILES string of the molecule is CCCNc1nc(C2CC3CCC2O3)nc(C)c1F. The van der Waals surface area contributed by atoms with E-state index in [0.29, 0.717) is 17.6 Å². The van der Waals surface area contributed by atoms with E-state index in [2.05, 4.69) is 15.3 Å². The Kier molecular flexibility index (Phi) is 3.39. The molecule has 0 aliphatic carbocycles. The van der Waals surface area contributed by atoms with Crippen molar-refractivity contribution in [3.8, 4) is 0 Å². The summed E-state index contributed by atoms with van der Waals surface area (Å²) in [5, 5.41) is 3.04. The Balaban J connectivity index is 1.87. The van der Waals surface area contributed by atoms with Gasteiger partial charge in [0, 0.05) is 12.5 Å². The number of halogens is 1. The second-order valence-electron chi connectivity index (χ2n) is 5.47. The molecule has 3 rings (SSSR count). The molecule has 1 aromatic heterocycles. The van der Waals surface area contributed by atoms with Crippen LogP contribution in [0.1, 0.15) is 50.0 Å². The van der Waals surface area contributed by atoms with Gasteiger partial charge in [-0.2, -0.15) is 0 Å². The van der Waals surface area contributed by atoms with Gasteiger partial charge in [0.05, 0.1) is 17.9 Å². The standard InChI is InChI=1S/C14H20FN3O/c1-3-6-16-14-12(15)8(2)17-13(18-14)10-7-9-4-5-11(10)19-9/h9-11H,3-7H2,1-2H3,(H,16,17,18). The van der Waals surface area contributed by atoms with Crippen LogP contribution in [0.2, 0.25) is 0 Å². The highest BCUT2D eigenvalue weighted by molar-refractivity contribution is 5.38. The molecule has 3 atom stereocenters. The highest BCUT2D eigenvalue weighted by atomic mass is 19.1. The third-order valence-corrected chi connectivity index (χ3v) is 4.01. The summed E-state index contributed by atoms with van der Waals surface area (Å²) in [5.74, 6) is 0.985. The zero-order valence-electron chi connectivity index (χ0n) is 11.4. The average molecular weight is 265 g/mol. The summed E-state index contributed by atoms with van der Waals surface area (Å²) >= 11 is 0. The van der Waals surface area contributed by atoms with E-state index in [-0.39, 0.29) is 17.8 Å². The normalized spacial score (nSPS) is 28.9. The summed E-state index contributed by atoms with van der Waals surface area (Å²) < 4.78 is 19.8. The summed E-state index contributed by atoms with van der Waals surface area (Å²) in [6.07, 6.45) is 4.72. The Labute approximate surface area is 112 Å². The predicted octanol–water partition coefficient (Wildman–Crippen LogP) is 2.78. The zero-order chi connectivity index (χ0) is 13.4. The van der Waals surface area contributed by atoms with Gasteiger partial charge in [-0.3, -0.25) is 0 Å². The molecule has 0 aromatic carbocycles. The molecule has 2 bridgehead atoms. The van der Waals surface area contributed by atoms with E-state index in [4.69, 9.17) is 4.74 Å². The van der Waals surface area contributed by atoms with E-state index in [9.17, 15) is 4.39 Å². The van der Waals surface area contributed by atoms with Crippen LogP contribution in [0, 0.1) is 12.7 Å². The number of hydrogen-bond acceptors (Lipinski definition) is 4. The van der Waals surface area contributed by atoms with Gasteiger partial charge in [0.2, 0.25) is 0 Å². The molecule has 2 aliphatic heterocycles. The van der Waals surface area contributed by atoms with Crippen LogP contribution in [-0.2, 0) is 4.74 Å². The third kappa shape index (κ3) is 2.31. The predicted molar refractivity (Wildman–Crippen MR) is 70.8 cm³/mol. The molecule has 0 radical (unpaired) electrons. The number of ether oxygens (including phenoxy) is 1. The summed E-state index contributed by atoms with van der Waals surface area (Å²) in [7, 11) is 0. The Morgan fingerprint density at radius 1 is 1.37 bits per heavy atom. The van der Waals surface area contributed by atoms with Gasteiger partial charge in [-0.15, -0.1) is 0 Å². The van der Waals surface area contributed by atoms with Crippen molar-refractivity contribution in [1.82, 2.24) is 9.97 Å². The zero-order valence-corrected chi connectivity index (χ0v) is 11.4. The fraction of sp³-hybridized carbons (Fsp3) is 0.714. The Morgan fingerprint density at radius 3 is 2.84 bits per heavy atom. The van der Waals surface area contributed by atoms with Crippen LogP contribution >= 0.6 is 0 Å². The second-order valence-corrected chi connectivity index (χ2v) is 5.47. The molecule has 2 fully saturated rings. The van der Waals surface area contributed by atoms with Crippen molar-refractivity contribution >= 4 is 5.82 Å². The van der Waals surface area contributed by atoms with Crippen LogP contribution in [-0.4, -0.2) is 28.7 Å². The molecule has 104 valence electrons. The number of aryl methyl sites for hydroxylation is 1. The van der Waals surface area contributed by atoms with E-state index in [1.54, 1.807) is 6.92 Å². The quantitative estimate of drug-likeness (QED) is 0.909. The van der Waals surface area contributed by atoms with Crippen molar-refractivity contribution in [2.24, 2.45) is 0 Å². The smallest absolute Gasteiger partial charge is 0.186 e. The van der Waals surface area contributed by atoms with Gasteiger partial charge < -0.3 is 10.1 Å². The minimum absolute atomic E-state index is 0.230. The summed E-state index contributed by atoms with van der Waals surface area (Å²) in [6.45, 7) is 4.47. The van der Waals surface area contributed by atoms with Crippen LogP contribution in [0.4, 0.5) is 10.2 Å². The number of nitrogens with zero attached hydrogens (tertiary/aromatic N) is 2. The van der Waals surface area contributed by atoms with Gasteiger partial charge in [-0.05, 0) is 32.6 Å². The van der Waals surface area contributed by atoms with E-state index in [1.165, 1.54) is 0 Å². The van der Waals surface area contributed by atoms with Gasteiger partial charge in [-0.1, -0.05) is 6.92 Å². The van der Waals surface area contributed by atoms with Crippen LogP contribution < -0.4 is 5.32 Å². The first kappa shape index (κ1) is 12.8. The molecule has 2 aliphatic rings.